The fraction of sp³-hybridized carbons (Fsp3) is 0.310. The van der Waals surface area contributed by atoms with Crippen LogP contribution in [0.4, 0.5) is 0 Å². The molecule has 0 saturated carbocycles. The lowest BCUT2D eigenvalue weighted by Gasteiger charge is -2.17. The Morgan fingerprint density at radius 2 is 1.61 bits per heavy atom. The summed E-state index contributed by atoms with van der Waals surface area (Å²) in [5, 5.41) is 2.53. The lowest BCUT2D eigenvalue weighted by Crippen LogP contribution is -2.30. The molecule has 0 amide bonds. The molecule has 0 N–H and O–H groups in total. The lowest BCUT2D eigenvalue weighted by molar-refractivity contribution is -0.659. The maximum Gasteiger partial charge on any atom is 0.220 e. The minimum absolute atomic E-state index is 0.246. The van der Waals surface area contributed by atoms with Gasteiger partial charge in [-0.25, -0.2) is 4.57 Å². The van der Waals surface area contributed by atoms with Crippen LogP contribution in [-0.4, -0.2) is 4.98 Å². The Kier molecular flexibility index (Phi) is 5.43. The van der Waals surface area contributed by atoms with Gasteiger partial charge in [-0.2, -0.15) is 0 Å². The highest BCUT2D eigenvalue weighted by Gasteiger charge is 2.19. The summed E-state index contributed by atoms with van der Waals surface area (Å²) in [5.41, 5.74) is 10.3. The van der Waals surface area contributed by atoms with Gasteiger partial charge in [-0.05, 0) is 78.9 Å². The van der Waals surface area contributed by atoms with E-state index in [1.165, 1.54) is 44.3 Å². The summed E-state index contributed by atoms with van der Waals surface area (Å²) in [5.74, 6) is 0. The van der Waals surface area contributed by atoms with Crippen molar-refractivity contribution in [2.45, 2.75) is 48.0 Å². The Labute approximate surface area is 186 Å². The van der Waals surface area contributed by atoms with Gasteiger partial charge in [0, 0.05) is 23.5 Å². The smallest absolute Gasteiger partial charge is 0.220 e. The third-order valence-electron chi connectivity index (χ3n) is 6.07. The number of rotatable bonds is 3. The third-order valence-corrected chi connectivity index (χ3v) is 6.07. The summed E-state index contributed by atoms with van der Waals surface area (Å²) in [4.78, 5) is 4.73. The van der Waals surface area contributed by atoms with Crippen LogP contribution in [0.25, 0.3) is 33.2 Å². The van der Waals surface area contributed by atoms with Crippen LogP contribution in [0.2, 0.25) is 0 Å². The van der Waals surface area contributed by atoms with Gasteiger partial charge < -0.3 is 0 Å². The molecule has 2 aromatic heterocycles. The van der Waals surface area contributed by atoms with Crippen molar-refractivity contribution in [3.63, 3.8) is 0 Å². The second-order valence-corrected chi connectivity index (χ2v) is 10.1. The van der Waals surface area contributed by atoms with Crippen molar-refractivity contribution in [2.75, 3.05) is 0 Å². The van der Waals surface area contributed by atoms with Crippen molar-refractivity contribution >= 4 is 10.8 Å². The quantitative estimate of drug-likeness (QED) is 0.336. The molecule has 0 aliphatic rings. The number of hydrogen-bond donors (Lipinski definition) is 0. The molecule has 2 heteroatoms. The highest BCUT2D eigenvalue weighted by Crippen LogP contribution is 2.32. The van der Waals surface area contributed by atoms with Gasteiger partial charge in [0.15, 0.2) is 6.20 Å². The first-order chi connectivity index (χ1) is 14.6. The molecule has 0 fully saturated rings. The number of aromatic nitrogens is 2. The van der Waals surface area contributed by atoms with Gasteiger partial charge in [0.1, 0.15) is 7.05 Å². The maximum absolute atomic E-state index is 4.73. The predicted octanol–water partition coefficient (Wildman–Crippen LogP) is 6.91. The van der Waals surface area contributed by atoms with E-state index in [1.807, 2.05) is 6.20 Å². The van der Waals surface area contributed by atoms with E-state index >= 15 is 0 Å². The van der Waals surface area contributed by atoms with Crippen LogP contribution in [0.1, 0.15) is 43.2 Å². The fourth-order valence-electron chi connectivity index (χ4n) is 4.42. The average molecular weight is 410 g/mol. The molecule has 0 bridgehead atoms. The Morgan fingerprint density at radius 1 is 0.871 bits per heavy atom. The average Bonchev–Trinajstić information content (AvgIpc) is 2.70. The largest absolute Gasteiger partial charge is 0.261 e. The van der Waals surface area contributed by atoms with Crippen LogP contribution in [-0.2, 0) is 13.5 Å². The second kappa shape index (κ2) is 7.92. The van der Waals surface area contributed by atoms with Crippen molar-refractivity contribution < 1.29 is 4.57 Å². The molecule has 2 aromatic carbocycles. The van der Waals surface area contributed by atoms with Gasteiger partial charge in [-0.1, -0.05) is 44.5 Å². The first-order valence-corrected chi connectivity index (χ1v) is 11.1. The summed E-state index contributed by atoms with van der Waals surface area (Å²) in [6.45, 7) is 13.4. The molecule has 0 saturated heterocycles. The van der Waals surface area contributed by atoms with Gasteiger partial charge >= 0.3 is 0 Å². The van der Waals surface area contributed by atoms with Gasteiger partial charge in [-0.15, -0.1) is 0 Å². The minimum atomic E-state index is 0.246. The molecule has 4 aromatic rings. The van der Waals surface area contributed by atoms with E-state index in [4.69, 9.17) is 4.98 Å². The van der Waals surface area contributed by atoms with Crippen molar-refractivity contribution in [1.82, 2.24) is 4.98 Å². The van der Waals surface area contributed by atoms with Crippen molar-refractivity contribution in [3.8, 4) is 22.4 Å². The van der Waals surface area contributed by atoms with Crippen LogP contribution >= 0.6 is 0 Å². The molecule has 0 atom stereocenters. The first kappa shape index (κ1) is 21.2. The number of fused-ring (bicyclic) bond motifs is 1. The molecule has 4 rings (SSSR count). The third kappa shape index (κ3) is 4.39. The molecule has 158 valence electrons. The second-order valence-electron chi connectivity index (χ2n) is 10.1. The Hall–Kier alpha value is -3.00. The monoisotopic (exact) mass is 409 g/mol. The number of benzene rings is 2. The normalized spacial score (nSPS) is 11.8. The van der Waals surface area contributed by atoms with Gasteiger partial charge in [-0.3, -0.25) is 4.98 Å². The summed E-state index contributed by atoms with van der Waals surface area (Å²) < 4.78 is 2.24. The number of nitrogens with zero attached hydrogens (tertiary/aromatic N) is 2. The molecular formula is C29H33N2+. The van der Waals surface area contributed by atoms with E-state index in [9.17, 15) is 0 Å². The van der Waals surface area contributed by atoms with Gasteiger partial charge in [0.25, 0.3) is 0 Å². The molecule has 0 spiro atoms. The number of pyridine rings is 2. The summed E-state index contributed by atoms with van der Waals surface area (Å²) in [6, 6.07) is 17.9. The van der Waals surface area contributed by atoms with E-state index in [2.05, 4.69) is 108 Å². The zero-order valence-electron chi connectivity index (χ0n) is 19.9. The van der Waals surface area contributed by atoms with Gasteiger partial charge in [0.2, 0.25) is 5.69 Å². The fourth-order valence-corrected chi connectivity index (χ4v) is 4.42. The zero-order valence-corrected chi connectivity index (χ0v) is 19.9. The Bertz CT molecular complexity index is 1260. The topological polar surface area (TPSA) is 16.8 Å². The van der Waals surface area contributed by atoms with E-state index in [-0.39, 0.29) is 5.41 Å². The minimum Gasteiger partial charge on any atom is -0.261 e. The molecule has 2 heterocycles. The highest BCUT2D eigenvalue weighted by atomic mass is 14.9. The van der Waals surface area contributed by atoms with Crippen molar-refractivity contribution in [2.24, 2.45) is 12.5 Å². The van der Waals surface area contributed by atoms with Crippen LogP contribution in [0.5, 0.6) is 0 Å². The summed E-state index contributed by atoms with van der Waals surface area (Å²) in [6.07, 6.45) is 5.17. The Balaban J connectivity index is 1.79. The van der Waals surface area contributed by atoms with Crippen LogP contribution in [0.15, 0.2) is 60.9 Å². The lowest BCUT2D eigenvalue weighted by atomic mass is 9.90. The van der Waals surface area contributed by atoms with E-state index in [1.54, 1.807) is 0 Å². The molecule has 31 heavy (non-hydrogen) atoms. The standard InChI is InChI=1S/C29H33N2/c1-19-14-20(2)21(3)27(15-19)28-26-11-9-22(16-23(26)12-13-31(28)7)24-8-10-25(30-18-24)17-29(4,5)6/h8-16,18H,17H2,1-7H3/q+1. The predicted molar refractivity (Wildman–Crippen MR) is 131 cm³/mol. The molecule has 0 aliphatic heterocycles. The molecular weight excluding hydrogens is 376 g/mol. The highest BCUT2D eigenvalue weighted by molar-refractivity contribution is 5.96. The molecule has 2 nitrogen and oxygen atoms in total. The molecule has 0 radical (unpaired) electrons. The molecule has 0 aliphatic carbocycles. The summed E-state index contributed by atoms with van der Waals surface area (Å²) >= 11 is 0. The van der Waals surface area contributed by atoms with E-state index in [0.717, 1.165) is 17.7 Å². The maximum atomic E-state index is 4.73. The summed E-state index contributed by atoms with van der Waals surface area (Å²) in [7, 11) is 2.14. The zero-order chi connectivity index (χ0) is 22.3. The number of hydrogen-bond acceptors (Lipinski definition) is 1. The van der Waals surface area contributed by atoms with E-state index < -0.39 is 0 Å². The SMILES string of the molecule is Cc1cc(C)c(C)c(-c2c3ccc(-c4ccc(CC(C)(C)C)nc4)cc3cc[n+]2C)c1. The Morgan fingerprint density at radius 3 is 2.29 bits per heavy atom. The number of aryl methyl sites for hydroxylation is 3. The molecule has 0 unspecified atom stereocenters. The van der Waals surface area contributed by atoms with Crippen molar-refractivity contribution in [3.05, 3.63) is 83.3 Å². The first-order valence-electron chi connectivity index (χ1n) is 11.1. The van der Waals surface area contributed by atoms with Crippen LogP contribution < -0.4 is 4.57 Å². The van der Waals surface area contributed by atoms with Gasteiger partial charge in [0.05, 0.1) is 10.9 Å². The van der Waals surface area contributed by atoms with Crippen LogP contribution in [0, 0.1) is 26.2 Å². The van der Waals surface area contributed by atoms with E-state index in [0.29, 0.717) is 0 Å². The van der Waals surface area contributed by atoms with Crippen LogP contribution in [0.3, 0.4) is 0 Å². The van der Waals surface area contributed by atoms with Crippen molar-refractivity contribution in [1.29, 1.82) is 0 Å².